The fourth-order valence-corrected chi connectivity index (χ4v) is 5.19. The van der Waals surface area contributed by atoms with E-state index in [1.54, 1.807) is 0 Å². The summed E-state index contributed by atoms with van der Waals surface area (Å²) in [6, 6.07) is 9.95. The molecule has 1 spiro atoms. The van der Waals surface area contributed by atoms with Crippen molar-refractivity contribution in [2.24, 2.45) is 5.41 Å². The molecule has 0 atom stereocenters. The minimum atomic E-state index is -0.0479. The lowest BCUT2D eigenvalue weighted by atomic mass is 9.67. The number of likely N-dealkylation sites (tertiary alicyclic amines) is 1. The summed E-state index contributed by atoms with van der Waals surface area (Å²) in [6.45, 7) is 7.43. The number of carbonyl (C=O) groups excluding carboxylic acids is 2. The van der Waals surface area contributed by atoms with Crippen molar-refractivity contribution < 1.29 is 9.59 Å². The van der Waals surface area contributed by atoms with Crippen molar-refractivity contribution in [2.75, 3.05) is 13.1 Å². The van der Waals surface area contributed by atoms with Crippen molar-refractivity contribution in [3.8, 4) is 0 Å². The largest absolute Gasteiger partial charge is 0.339 e. The van der Waals surface area contributed by atoms with E-state index in [-0.39, 0.29) is 23.1 Å². The van der Waals surface area contributed by atoms with Gasteiger partial charge in [-0.2, -0.15) is 5.10 Å². The molecule has 1 aliphatic heterocycles. The standard InChI is InChI=1S/C25H28N4O2/c1-16(2)29-23-20(15-26-29)13-25(14-22(23)30)8-10-28(11-9-25)24(31)19-7-6-18-5-4-17(3)27-21(18)12-19/h4-7,12,15-16H,8-11,13-14H2,1-3H3. The number of pyridine rings is 1. The number of hydrogen-bond acceptors (Lipinski definition) is 4. The molecule has 1 aromatic carbocycles. The van der Waals surface area contributed by atoms with Gasteiger partial charge in [0.1, 0.15) is 5.69 Å². The number of aryl methyl sites for hydroxylation is 1. The Balaban J connectivity index is 1.32. The number of Topliss-reactive ketones (excluding diaryl/α,β-unsaturated/α-hetero) is 1. The van der Waals surface area contributed by atoms with Crippen molar-refractivity contribution in [3.63, 3.8) is 0 Å². The van der Waals surface area contributed by atoms with E-state index >= 15 is 0 Å². The normalized spacial score (nSPS) is 18.1. The molecule has 1 fully saturated rings. The summed E-state index contributed by atoms with van der Waals surface area (Å²) in [6.07, 6.45) is 5.00. The summed E-state index contributed by atoms with van der Waals surface area (Å²) < 4.78 is 1.86. The molecule has 1 amide bonds. The van der Waals surface area contributed by atoms with E-state index in [9.17, 15) is 9.59 Å². The van der Waals surface area contributed by atoms with Crippen LogP contribution in [0.2, 0.25) is 0 Å². The molecule has 31 heavy (non-hydrogen) atoms. The lowest BCUT2D eigenvalue weighted by molar-refractivity contribution is 0.0517. The van der Waals surface area contributed by atoms with Gasteiger partial charge >= 0.3 is 0 Å². The van der Waals surface area contributed by atoms with Gasteiger partial charge in [-0.15, -0.1) is 0 Å². The van der Waals surface area contributed by atoms with Gasteiger partial charge in [-0.05, 0) is 63.6 Å². The molecule has 160 valence electrons. The molecule has 0 bridgehead atoms. The van der Waals surface area contributed by atoms with Crippen LogP contribution in [0.3, 0.4) is 0 Å². The van der Waals surface area contributed by atoms with Crippen LogP contribution in [0.25, 0.3) is 10.9 Å². The minimum absolute atomic E-state index is 0.0479. The van der Waals surface area contributed by atoms with Gasteiger partial charge in [-0.25, -0.2) is 0 Å². The third-order valence-electron chi connectivity index (χ3n) is 6.92. The van der Waals surface area contributed by atoms with E-state index in [0.29, 0.717) is 25.1 Å². The van der Waals surface area contributed by atoms with Gasteiger partial charge in [-0.1, -0.05) is 12.1 Å². The molecule has 2 aromatic heterocycles. The van der Waals surface area contributed by atoms with E-state index in [1.807, 2.05) is 53.0 Å². The van der Waals surface area contributed by atoms with E-state index < -0.39 is 0 Å². The van der Waals surface area contributed by atoms with Crippen LogP contribution < -0.4 is 0 Å². The number of nitrogens with zero attached hydrogens (tertiary/aromatic N) is 4. The number of benzene rings is 1. The Morgan fingerprint density at radius 2 is 1.84 bits per heavy atom. The first kappa shape index (κ1) is 19.9. The quantitative estimate of drug-likeness (QED) is 0.622. The maximum Gasteiger partial charge on any atom is 0.253 e. The number of ketones is 1. The average Bonchev–Trinajstić information content (AvgIpc) is 3.17. The van der Waals surface area contributed by atoms with Gasteiger partial charge < -0.3 is 4.90 Å². The molecular weight excluding hydrogens is 388 g/mol. The molecule has 2 aliphatic rings. The molecule has 3 heterocycles. The Morgan fingerprint density at radius 1 is 1.10 bits per heavy atom. The van der Waals surface area contributed by atoms with Crippen molar-refractivity contribution in [1.82, 2.24) is 19.7 Å². The summed E-state index contributed by atoms with van der Waals surface area (Å²) in [5.41, 5.74) is 4.29. The third kappa shape index (κ3) is 3.44. The van der Waals surface area contributed by atoms with E-state index in [0.717, 1.165) is 47.1 Å². The second-order valence-electron chi connectivity index (χ2n) is 9.49. The predicted molar refractivity (Wildman–Crippen MR) is 119 cm³/mol. The van der Waals surface area contributed by atoms with Crippen molar-refractivity contribution >= 4 is 22.6 Å². The molecule has 0 saturated carbocycles. The third-order valence-corrected chi connectivity index (χ3v) is 6.92. The average molecular weight is 417 g/mol. The molecule has 0 unspecified atom stereocenters. The number of carbonyl (C=O) groups is 2. The molecule has 6 nitrogen and oxygen atoms in total. The Morgan fingerprint density at radius 3 is 2.58 bits per heavy atom. The molecule has 6 heteroatoms. The second kappa shape index (κ2) is 7.29. The highest BCUT2D eigenvalue weighted by molar-refractivity contribution is 5.99. The monoisotopic (exact) mass is 416 g/mol. The van der Waals surface area contributed by atoms with Crippen molar-refractivity contribution in [1.29, 1.82) is 0 Å². The van der Waals surface area contributed by atoms with Gasteiger partial charge in [0, 0.05) is 47.8 Å². The molecule has 0 N–H and O–H groups in total. The summed E-state index contributed by atoms with van der Waals surface area (Å²) in [5, 5.41) is 5.50. The highest BCUT2D eigenvalue weighted by Gasteiger charge is 2.43. The summed E-state index contributed by atoms with van der Waals surface area (Å²) in [5.74, 6) is 0.249. The van der Waals surface area contributed by atoms with Gasteiger partial charge in [0.05, 0.1) is 11.7 Å². The first-order valence-electron chi connectivity index (χ1n) is 11.1. The number of aromatic nitrogens is 3. The maximum atomic E-state index is 13.2. The zero-order valence-corrected chi connectivity index (χ0v) is 18.4. The topological polar surface area (TPSA) is 68.1 Å². The van der Waals surface area contributed by atoms with Gasteiger partial charge in [0.2, 0.25) is 0 Å². The fourth-order valence-electron chi connectivity index (χ4n) is 5.19. The van der Waals surface area contributed by atoms with Crippen LogP contribution in [0.15, 0.2) is 36.5 Å². The zero-order chi connectivity index (χ0) is 21.8. The number of hydrogen-bond donors (Lipinski definition) is 0. The number of piperidine rings is 1. The second-order valence-corrected chi connectivity index (χ2v) is 9.49. The van der Waals surface area contributed by atoms with Crippen LogP contribution in [0, 0.1) is 12.3 Å². The zero-order valence-electron chi connectivity index (χ0n) is 18.4. The summed E-state index contributed by atoms with van der Waals surface area (Å²) in [4.78, 5) is 32.6. The molecule has 3 aromatic rings. The smallest absolute Gasteiger partial charge is 0.253 e. The summed E-state index contributed by atoms with van der Waals surface area (Å²) >= 11 is 0. The molecule has 1 saturated heterocycles. The van der Waals surface area contributed by atoms with Gasteiger partial charge in [0.15, 0.2) is 5.78 Å². The van der Waals surface area contributed by atoms with E-state index in [2.05, 4.69) is 23.9 Å². The number of amides is 1. The lowest BCUT2D eigenvalue weighted by Gasteiger charge is -2.43. The van der Waals surface area contributed by atoms with E-state index in [4.69, 9.17) is 0 Å². The first-order chi connectivity index (χ1) is 14.8. The van der Waals surface area contributed by atoms with Crippen LogP contribution in [0.1, 0.15) is 71.3 Å². The maximum absolute atomic E-state index is 13.2. The first-order valence-corrected chi connectivity index (χ1v) is 11.1. The Bertz CT molecular complexity index is 1190. The minimum Gasteiger partial charge on any atom is -0.339 e. The Labute approximate surface area is 182 Å². The van der Waals surface area contributed by atoms with Crippen molar-refractivity contribution in [2.45, 2.75) is 52.5 Å². The van der Waals surface area contributed by atoms with E-state index in [1.165, 1.54) is 0 Å². The molecule has 1 aliphatic carbocycles. The molecule has 0 radical (unpaired) electrons. The van der Waals surface area contributed by atoms with Crippen LogP contribution in [0.5, 0.6) is 0 Å². The highest BCUT2D eigenvalue weighted by atomic mass is 16.2. The van der Waals surface area contributed by atoms with Gasteiger partial charge in [-0.3, -0.25) is 19.3 Å². The Kier molecular flexibility index (Phi) is 4.68. The van der Waals surface area contributed by atoms with Crippen LogP contribution in [0.4, 0.5) is 0 Å². The molecular formula is C25H28N4O2. The highest BCUT2D eigenvalue weighted by Crippen LogP contribution is 2.44. The SMILES string of the molecule is Cc1ccc2ccc(C(=O)N3CCC4(CC3)CC(=O)c3c(cnn3C(C)C)C4)cc2n1. The van der Waals surface area contributed by atoms with Gasteiger partial charge in [0.25, 0.3) is 5.91 Å². The van der Waals surface area contributed by atoms with Crippen LogP contribution in [-0.4, -0.2) is 44.4 Å². The molecule has 5 rings (SSSR count). The number of rotatable bonds is 2. The van der Waals surface area contributed by atoms with Crippen molar-refractivity contribution in [3.05, 3.63) is 59.0 Å². The fraction of sp³-hybridized carbons (Fsp3) is 0.440. The van der Waals surface area contributed by atoms with Crippen LogP contribution in [-0.2, 0) is 6.42 Å². The summed E-state index contributed by atoms with van der Waals surface area (Å²) in [7, 11) is 0. The Hall–Kier alpha value is -3.02. The lowest BCUT2D eigenvalue weighted by Crippen LogP contribution is -2.46. The predicted octanol–water partition coefficient (Wildman–Crippen LogP) is 4.37. The van der Waals surface area contributed by atoms with Crippen LogP contribution >= 0.6 is 0 Å². The number of fused-ring (bicyclic) bond motifs is 2.